The summed E-state index contributed by atoms with van der Waals surface area (Å²) in [5.74, 6) is -0.241. The average Bonchev–Trinajstić information content (AvgIpc) is 0.795. The first-order valence-electron chi connectivity index (χ1n) is 40.6. The van der Waals surface area contributed by atoms with E-state index in [1.807, 2.05) is 9.80 Å². The van der Waals surface area contributed by atoms with E-state index in [0.717, 1.165) is 206 Å². The number of ether oxygens (including phenoxy) is 4. The Kier molecular flexibility index (Phi) is 37.6. The van der Waals surface area contributed by atoms with Gasteiger partial charge in [-0.2, -0.15) is 0 Å². The van der Waals surface area contributed by atoms with Gasteiger partial charge in [0.05, 0.1) is 0 Å². The average molecular weight is 1470 g/mol. The van der Waals surface area contributed by atoms with E-state index in [1.54, 1.807) is 0 Å². The predicted octanol–water partition coefficient (Wildman–Crippen LogP) is 17.7. The molecule has 18 heteroatoms. The number of nitrogens with one attached hydrogen (secondary N) is 4. The van der Waals surface area contributed by atoms with Crippen LogP contribution in [0.3, 0.4) is 0 Å². The second kappa shape index (κ2) is 40.5. The molecular formula is C86H166N8O10. The highest BCUT2D eigenvalue weighted by atomic mass is 16.6. The molecule has 0 unspecified atom stereocenters. The van der Waals surface area contributed by atoms with Crippen LogP contribution in [0.4, 0.5) is 0 Å². The van der Waals surface area contributed by atoms with Crippen LogP contribution in [0, 0.1) is 0 Å². The largest absolute Gasteiger partial charge is 0.462 e. The first kappa shape index (κ1) is 96.7. The van der Waals surface area contributed by atoms with Crippen molar-refractivity contribution in [3.8, 4) is 0 Å². The summed E-state index contributed by atoms with van der Waals surface area (Å²) in [6, 6.07) is 0.604. The number of carbonyl (C=O) groups is 6. The third kappa shape index (κ3) is 35.1. The van der Waals surface area contributed by atoms with Gasteiger partial charge in [0.2, 0.25) is 12.8 Å². The van der Waals surface area contributed by atoms with Crippen LogP contribution < -0.4 is 21.3 Å². The number of unbranched alkanes of at least 4 members (excludes halogenated alkanes) is 13. The fourth-order valence-corrected chi connectivity index (χ4v) is 19.4. The first-order chi connectivity index (χ1) is 46.7. The van der Waals surface area contributed by atoms with Gasteiger partial charge in [0.15, 0.2) is 0 Å². The molecule has 0 bridgehead atoms. The van der Waals surface area contributed by atoms with E-state index in [2.05, 4.69) is 211 Å². The topological polar surface area (TPSA) is 200 Å². The zero-order chi connectivity index (χ0) is 77.2. The van der Waals surface area contributed by atoms with Crippen molar-refractivity contribution in [3.63, 3.8) is 0 Å². The SMILES string of the molecule is C.C.CC1(C)CC(N(C=O)CCCCCCN(C=O)C2CC(C)(C)NC(C)(C)C2)CC(C)(C)N1.CC1(C)CC(OC(=O)CCCCCCCCC(=O)OC2CC(C)(C)NC(C)(C)C2)CC(C)(C)N1.CN1C(C)(C)CC(OC(=O)CCCCCCCCC(=O)OC2CC(C)(C)N(C)C(C)(C)C2)CC1(C)C. The molecule has 4 N–H and O–H groups in total. The van der Waals surface area contributed by atoms with Crippen molar-refractivity contribution in [2.45, 2.75) is 489 Å². The number of rotatable bonds is 33. The molecule has 0 aromatic rings. The zero-order valence-electron chi connectivity index (χ0n) is 70.5. The maximum atomic E-state index is 12.4. The van der Waals surface area contributed by atoms with Crippen LogP contribution in [0.1, 0.15) is 386 Å². The number of carbonyl (C=O) groups excluding carboxylic acids is 6. The van der Waals surface area contributed by atoms with Gasteiger partial charge in [0.1, 0.15) is 24.4 Å². The van der Waals surface area contributed by atoms with Crippen LogP contribution in [0.15, 0.2) is 0 Å². The number of piperidine rings is 6. The lowest BCUT2D eigenvalue weighted by molar-refractivity contribution is -0.160. The van der Waals surface area contributed by atoms with E-state index in [4.69, 9.17) is 18.9 Å². The third-order valence-electron chi connectivity index (χ3n) is 23.2. The molecule has 6 heterocycles. The van der Waals surface area contributed by atoms with E-state index < -0.39 is 0 Å². The van der Waals surface area contributed by atoms with Gasteiger partial charge in [-0.3, -0.25) is 38.6 Å². The van der Waals surface area contributed by atoms with Crippen molar-refractivity contribution in [1.29, 1.82) is 0 Å². The molecule has 6 aliphatic heterocycles. The van der Waals surface area contributed by atoms with Gasteiger partial charge in [-0.15, -0.1) is 0 Å². The molecule has 6 aliphatic rings. The minimum Gasteiger partial charge on any atom is -0.462 e. The molecule has 0 radical (unpaired) electrons. The summed E-state index contributed by atoms with van der Waals surface area (Å²) in [4.78, 5) is 81.9. The Balaban J connectivity index is 0.000000526. The van der Waals surface area contributed by atoms with Gasteiger partial charge >= 0.3 is 23.9 Å². The molecule has 104 heavy (non-hydrogen) atoms. The Hall–Kier alpha value is -3.42. The normalized spacial score (nSPS) is 23.8. The van der Waals surface area contributed by atoms with Gasteiger partial charge in [0.25, 0.3) is 0 Å². The lowest BCUT2D eigenvalue weighted by Crippen LogP contribution is -2.62. The number of likely N-dealkylation sites (tertiary alicyclic amines) is 2. The van der Waals surface area contributed by atoms with E-state index in [1.165, 1.54) is 0 Å². The van der Waals surface area contributed by atoms with Gasteiger partial charge in [0, 0.05) is 169 Å². The Morgan fingerprint density at radius 2 is 0.471 bits per heavy atom. The summed E-state index contributed by atoms with van der Waals surface area (Å²) in [5.41, 5.74) is 0.234. The molecule has 0 aliphatic carbocycles. The summed E-state index contributed by atoms with van der Waals surface area (Å²) >= 11 is 0. The quantitative estimate of drug-likeness (QED) is 0.0209. The molecule has 0 aromatic carbocycles. The van der Waals surface area contributed by atoms with Gasteiger partial charge < -0.3 is 50.0 Å². The van der Waals surface area contributed by atoms with Gasteiger partial charge in [-0.05, 0) is 244 Å². The molecule has 6 saturated heterocycles. The van der Waals surface area contributed by atoms with Crippen molar-refractivity contribution >= 4 is 36.7 Å². The Bertz CT molecular complexity index is 2340. The second-order valence-electron chi connectivity index (χ2n) is 40.5. The molecule has 2 amide bonds. The van der Waals surface area contributed by atoms with Crippen molar-refractivity contribution in [2.24, 2.45) is 0 Å². The highest BCUT2D eigenvalue weighted by Gasteiger charge is 2.48. The van der Waals surface area contributed by atoms with Crippen LogP contribution in [0.25, 0.3) is 0 Å². The van der Waals surface area contributed by atoms with E-state index in [9.17, 15) is 28.8 Å². The standard InChI is InChI=1S/C30H56N2O4.C28H52N2O4.C26H50N4O2.2CH4/c1-27(2)19-23(20-28(3,4)31(27)9)35-25(33)17-15-13-11-12-14-16-18-26(34)36-24-21-29(5,6)32(10)30(7,8)22-24;1-25(2)17-21(18-26(3,4)29-25)33-23(31)15-13-11-9-10-12-14-16-24(32)34-22-19-27(5,6)30-28(7,8)20-22;1-23(2)15-21(16-24(3,4)27-23)29(19-31)13-11-9-10-12-14-30(20-32)22-17-25(5,6)28-26(7,8)18-22;;/h23-24H,11-22H2,1-10H3;21-22,29-30H,9-20H2,1-8H3;19-22,27-28H,9-18H2,1-8H3;2*1H4. The maximum absolute atomic E-state index is 12.4. The van der Waals surface area contributed by atoms with Crippen molar-refractivity contribution in [1.82, 2.24) is 40.9 Å². The molecule has 0 spiro atoms. The van der Waals surface area contributed by atoms with Crippen molar-refractivity contribution in [2.75, 3.05) is 27.2 Å². The summed E-state index contributed by atoms with van der Waals surface area (Å²) in [7, 11) is 4.33. The van der Waals surface area contributed by atoms with Crippen molar-refractivity contribution in [3.05, 3.63) is 0 Å². The third-order valence-corrected chi connectivity index (χ3v) is 23.2. The smallest absolute Gasteiger partial charge is 0.306 e. The molecule has 0 aromatic heterocycles. The Morgan fingerprint density at radius 3 is 0.673 bits per heavy atom. The lowest BCUT2D eigenvalue weighted by Gasteiger charge is -2.53. The predicted molar refractivity (Wildman–Crippen MR) is 431 cm³/mol. The van der Waals surface area contributed by atoms with E-state index >= 15 is 0 Å². The van der Waals surface area contributed by atoms with Crippen LogP contribution in [0.2, 0.25) is 0 Å². The highest BCUT2D eigenvalue weighted by Crippen LogP contribution is 2.41. The molecule has 0 atom stereocenters. The maximum Gasteiger partial charge on any atom is 0.306 e. The van der Waals surface area contributed by atoms with E-state index in [-0.39, 0.29) is 130 Å². The van der Waals surface area contributed by atoms with E-state index in [0.29, 0.717) is 37.8 Å². The van der Waals surface area contributed by atoms with Crippen LogP contribution in [0.5, 0.6) is 0 Å². The van der Waals surface area contributed by atoms with Crippen LogP contribution in [-0.2, 0) is 47.7 Å². The molecule has 6 fully saturated rings. The number of hydrogen-bond donors (Lipinski definition) is 4. The number of amides is 2. The van der Waals surface area contributed by atoms with Crippen LogP contribution >= 0.6 is 0 Å². The highest BCUT2D eigenvalue weighted by molar-refractivity contribution is 5.70. The fraction of sp³-hybridized carbons (Fsp3) is 0.930. The first-order valence-corrected chi connectivity index (χ1v) is 40.6. The number of nitrogens with zero attached hydrogens (tertiary/aromatic N) is 4. The number of hydrogen-bond acceptors (Lipinski definition) is 16. The minimum absolute atomic E-state index is 0. The Morgan fingerprint density at radius 1 is 0.298 bits per heavy atom. The monoisotopic (exact) mass is 1470 g/mol. The van der Waals surface area contributed by atoms with Gasteiger partial charge in [-0.25, -0.2) is 0 Å². The summed E-state index contributed by atoms with van der Waals surface area (Å²) in [6.07, 6.45) is 31.3. The molecule has 6 rings (SSSR count). The summed E-state index contributed by atoms with van der Waals surface area (Å²) < 4.78 is 23.3. The second-order valence-corrected chi connectivity index (χ2v) is 40.5. The summed E-state index contributed by atoms with van der Waals surface area (Å²) in [5, 5.41) is 14.6. The molecule has 610 valence electrons. The minimum atomic E-state index is -0.0643. The Labute approximate surface area is 638 Å². The number of esters is 4. The van der Waals surface area contributed by atoms with Crippen LogP contribution in [-0.4, -0.2) is 186 Å². The lowest BCUT2D eigenvalue weighted by atomic mass is 9.78. The molecular weight excluding hydrogens is 1300 g/mol. The molecule has 18 nitrogen and oxygen atoms in total. The van der Waals surface area contributed by atoms with Crippen molar-refractivity contribution < 1.29 is 47.7 Å². The summed E-state index contributed by atoms with van der Waals surface area (Å²) in [6.45, 7) is 54.7. The fourth-order valence-electron chi connectivity index (χ4n) is 19.4. The molecule has 0 saturated carbocycles. The zero-order valence-corrected chi connectivity index (χ0v) is 70.5. The van der Waals surface area contributed by atoms with Gasteiger partial charge in [-0.1, -0.05) is 79.1 Å².